The highest BCUT2D eigenvalue weighted by atomic mass is 32.1. The molecule has 0 unspecified atom stereocenters. The molecule has 2 aromatic rings. The molecule has 1 aromatic carbocycles. The zero-order valence-electron chi connectivity index (χ0n) is 11.4. The lowest BCUT2D eigenvalue weighted by atomic mass is 10.1. The summed E-state index contributed by atoms with van der Waals surface area (Å²) in [5.41, 5.74) is 0.944. The third-order valence-corrected chi connectivity index (χ3v) is 4.30. The molecule has 0 spiro atoms. The molecule has 2 rings (SSSR count). The van der Waals surface area contributed by atoms with Gasteiger partial charge in [0.2, 0.25) is 0 Å². The molecule has 1 aromatic heterocycles. The Morgan fingerprint density at radius 3 is 2.32 bits per heavy atom. The Morgan fingerprint density at radius 2 is 1.74 bits per heavy atom. The highest BCUT2D eigenvalue weighted by molar-refractivity contribution is 7.11. The Hall–Kier alpha value is -1.32. The predicted molar refractivity (Wildman–Crippen MR) is 79.7 cm³/mol. The van der Waals surface area contributed by atoms with Crippen LogP contribution in [0.4, 0.5) is 0 Å². The van der Waals surface area contributed by atoms with E-state index in [0.717, 1.165) is 24.2 Å². The summed E-state index contributed by atoms with van der Waals surface area (Å²) in [6.07, 6.45) is 1.43. The predicted octanol–water partition coefficient (Wildman–Crippen LogP) is 4.33. The zero-order valence-corrected chi connectivity index (χ0v) is 12.2. The van der Waals surface area contributed by atoms with E-state index in [9.17, 15) is 5.11 Å². The van der Waals surface area contributed by atoms with Crippen LogP contribution in [0.1, 0.15) is 41.7 Å². The van der Waals surface area contributed by atoms with E-state index in [1.54, 1.807) is 11.3 Å². The molecule has 3 heteroatoms. The van der Waals surface area contributed by atoms with Crippen LogP contribution in [0, 0.1) is 0 Å². The fourth-order valence-corrected chi connectivity index (χ4v) is 2.74. The molecule has 1 N–H and O–H groups in total. The number of ether oxygens (including phenoxy) is 1. The number of rotatable bonds is 6. The summed E-state index contributed by atoms with van der Waals surface area (Å²) in [4.78, 5) is 2.63. The normalized spacial score (nSPS) is 12.4. The van der Waals surface area contributed by atoms with Crippen molar-refractivity contribution in [2.24, 2.45) is 0 Å². The number of aryl methyl sites for hydroxylation is 1. The molecule has 0 fully saturated rings. The van der Waals surface area contributed by atoms with E-state index >= 15 is 0 Å². The summed E-state index contributed by atoms with van der Waals surface area (Å²) in [6, 6.07) is 12.0. The number of aliphatic hydroxyl groups excluding tert-OH is 1. The van der Waals surface area contributed by atoms with Crippen LogP contribution < -0.4 is 4.74 Å². The minimum absolute atomic E-state index is 0.376. The molecule has 102 valence electrons. The number of thiophene rings is 1. The standard InChI is InChI=1S/C16H20O2S/c1-3-14-9-10-15(19-14)11-18-13-7-5-12(6-8-13)16(17)4-2/h5-10,16-17H,3-4,11H2,1-2H3/t16-/m1/s1. The fourth-order valence-electron chi connectivity index (χ4n) is 1.87. The Labute approximate surface area is 118 Å². The zero-order chi connectivity index (χ0) is 13.7. The summed E-state index contributed by atoms with van der Waals surface area (Å²) in [7, 11) is 0. The van der Waals surface area contributed by atoms with E-state index in [1.807, 2.05) is 31.2 Å². The monoisotopic (exact) mass is 276 g/mol. The van der Waals surface area contributed by atoms with E-state index in [2.05, 4.69) is 19.1 Å². The summed E-state index contributed by atoms with van der Waals surface area (Å²) in [5.74, 6) is 0.846. The van der Waals surface area contributed by atoms with Crippen LogP contribution in [0.3, 0.4) is 0 Å². The second kappa shape index (κ2) is 6.73. The van der Waals surface area contributed by atoms with Crippen LogP contribution in [0.15, 0.2) is 36.4 Å². The van der Waals surface area contributed by atoms with Crippen molar-refractivity contribution in [2.45, 2.75) is 39.4 Å². The summed E-state index contributed by atoms with van der Waals surface area (Å²) >= 11 is 1.80. The first-order valence-electron chi connectivity index (χ1n) is 6.71. The number of benzene rings is 1. The summed E-state index contributed by atoms with van der Waals surface area (Å²) < 4.78 is 5.75. The average Bonchev–Trinajstić information content (AvgIpc) is 2.93. The lowest BCUT2D eigenvalue weighted by molar-refractivity contribution is 0.173. The van der Waals surface area contributed by atoms with Crippen molar-refractivity contribution in [1.82, 2.24) is 0 Å². The lowest BCUT2D eigenvalue weighted by Gasteiger charge is -2.09. The highest BCUT2D eigenvalue weighted by Crippen LogP contribution is 2.22. The second-order valence-corrected chi connectivity index (χ2v) is 5.76. The molecule has 0 aliphatic heterocycles. The molecular formula is C16H20O2S. The molecule has 1 heterocycles. The van der Waals surface area contributed by atoms with Crippen LogP contribution in [-0.2, 0) is 13.0 Å². The third-order valence-electron chi connectivity index (χ3n) is 3.10. The van der Waals surface area contributed by atoms with Gasteiger partial charge in [0.25, 0.3) is 0 Å². The molecule has 0 radical (unpaired) electrons. The van der Waals surface area contributed by atoms with E-state index in [1.165, 1.54) is 9.75 Å². The van der Waals surface area contributed by atoms with Crippen molar-refractivity contribution >= 4 is 11.3 Å². The van der Waals surface area contributed by atoms with Gasteiger partial charge >= 0.3 is 0 Å². The first-order chi connectivity index (χ1) is 9.22. The van der Waals surface area contributed by atoms with Gasteiger partial charge in [-0.15, -0.1) is 11.3 Å². The lowest BCUT2D eigenvalue weighted by Crippen LogP contribution is -1.96. The largest absolute Gasteiger partial charge is 0.488 e. The average molecular weight is 276 g/mol. The minimum Gasteiger partial charge on any atom is -0.488 e. The van der Waals surface area contributed by atoms with Gasteiger partial charge in [0, 0.05) is 9.75 Å². The number of hydrogen-bond donors (Lipinski definition) is 1. The Morgan fingerprint density at radius 1 is 1.05 bits per heavy atom. The van der Waals surface area contributed by atoms with Gasteiger partial charge in [-0.3, -0.25) is 0 Å². The molecule has 0 bridgehead atoms. The van der Waals surface area contributed by atoms with Gasteiger partial charge in [-0.2, -0.15) is 0 Å². The smallest absolute Gasteiger partial charge is 0.122 e. The summed E-state index contributed by atoms with van der Waals surface area (Å²) in [6.45, 7) is 4.74. The number of hydrogen-bond acceptors (Lipinski definition) is 3. The second-order valence-electron chi connectivity index (χ2n) is 4.50. The topological polar surface area (TPSA) is 29.5 Å². The van der Waals surface area contributed by atoms with Crippen molar-refractivity contribution in [3.63, 3.8) is 0 Å². The van der Waals surface area contributed by atoms with Crippen LogP contribution in [0.2, 0.25) is 0 Å². The van der Waals surface area contributed by atoms with E-state index < -0.39 is 0 Å². The van der Waals surface area contributed by atoms with E-state index in [-0.39, 0.29) is 6.10 Å². The first kappa shape index (κ1) is 14.1. The first-order valence-corrected chi connectivity index (χ1v) is 7.53. The SMILES string of the molecule is CCc1ccc(COc2ccc([C@H](O)CC)cc2)s1. The molecule has 0 amide bonds. The van der Waals surface area contributed by atoms with Gasteiger partial charge in [-0.1, -0.05) is 26.0 Å². The molecule has 0 saturated carbocycles. The summed E-state index contributed by atoms with van der Waals surface area (Å²) in [5, 5.41) is 9.72. The van der Waals surface area contributed by atoms with Crippen LogP contribution in [0.25, 0.3) is 0 Å². The van der Waals surface area contributed by atoms with Gasteiger partial charge in [-0.25, -0.2) is 0 Å². The quantitative estimate of drug-likeness (QED) is 0.850. The van der Waals surface area contributed by atoms with Crippen molar-refractivity contribution in [1.29, 1.82) is 0 Å². The molecular weight excluding hydrogens is 256 g/mol. The third kappa shape index (κ3) is 3.82. The minimum atomic E-state index is -0.376. The Balaban J connectivity index is 1.92. The Kier molecular flexibility index (Phi) is 5.00. The number of aliphatic hydroxyl groups is 1. The molecule has 0 aliphatic rings. The van der Waals surface area contributed by atoms with Crippen LogP contribution in [0.5, 0.6) is 5.75 Å². The molecule has 1 atom stereocenters. The van der Waals surface area contributed by atoms with Gasteiger partial charge < -0.3 is 9.84 Å². The fraction of sp³-hybridized carbons (Fsp3) is 0.375. The van der Waals surface area contributed by atoms with Crippen LogP contribution in [-0.4, -0.2) is 5.11 Å². The molecule has 0 saturated heterocycles. The Bertz CT molecular complexity index is 502. The van der Waals surface area contributed by atoms with E-state index in [4.69, 9.17) is 4.74 Å². The van der Waals surface area contributed by atoms with Gasteiger partial charge in [0.15, 0.2) is 0 Å². The van der Waals surface area contributed by atoms with Crippen molar-refractivity contribution in [3.8, 4) is 5.75 Å². The molecule has 0 aliphatic carbocycles. The maximum Gasteiger partial charge on any atom is 0.122 e. The van der Waals surface area contributed by atoms with Gasteiger partial charge in [-0.05, 0) is 42.7 Å². The molecule has 2 nitrogen and oxygen atoms in total. The molecule has 19 heavy (non-hydrogen) atoms. The van der Waals surface area contributed by atoms with Crippen LogP contribution >= 0.6 is 11.3 Å². The van der Waals surface area contributed by atoms with Crippen molar-refractivity contribution in [2.75, 3.05) is 0 Å². The van der Waals surface area contributed by atoms with E-state index in [0.29, 0.717) is 6.61 Å². The highest BCUT2D eigenvalue weighted by Gasteiger charge is 2.05. The maximum atomic E-state index is 9.72. The van der Waals surface area contributed by atoms with Gasteiger partial charge in [0.1, 0.15) is 12.4 Å². The van der Waals surface area contributed by atoms with Crippen molar-refractivity contribution in [3.05, 3.63) is 51.7 Å². The van der Waals surface area contributed by atoms with Crippen molar-refractivity contribution < 1.29 is 9.84 Å². The van der Waals surface area contributed by atoms with Gasteiger partial charge in [0.05, 0.1) is 6.10 Å². The maximum absolute atomic E-state index is 9.72.